The largest absolute Gasteiger partial charge is 0.305 e. The second kappa shape index (κ2) is 7.62. The molecular formula is C17H24ClN3. The third-order valence-corrected chi connectivity index (χ3v) is 3.81. The fraction of sp³-hybridized carbons (Fsp3) is 0.471. The molecule has 114 valence electrons. The van der Waals surface area contributed by atoms with Crippen molar-refractivity contribution in [2.24, 2.45) is 0 Å². The van der Waals surface area contributed by atoms with E-state index in [2.05, 4.69) is 55.5 Å². The van der Waals surface area contributed by atoms with Gasteiger partial charge in [0, 0.05) is 6.54 Å². The molecule has 0 saturated carbocycles. The average molecular weight is 306 g/mol. The zero-order valence-electron chi connectivity index (χ0n) is 13.1. The van der Waals surface area contributed by atoms with Gasteiger partial charge < -0.3 is 5.32 Å². The molecule has 0 spiro atoms. The Morgan fingerprint density at radius 2 is 2.10 bits per heavy atom. The number of nitrogens with one attached hydrogen (secondary N) is 1. The lowest BCUT2D eigenvalue weighted by Crippen LogP contribution is -2.26. The molecule has 0 bridgehead atoms. The van der Waals surface area contributed by atoms with Crippen LogP contribution in [0.15, 0.2) is 30.5 Å². The van der Waals surface area contributed by atoms with Gasteiger partial charge >= 0.3 is 0 Å². The maximum absolute atomic E-state index is 6.42. The van der Waals surface area contributed by atoms with Crippen molar-refractivity contribution >= 4 is 11.6 Å². The molecule has 1 heterocycles. The molecule has 0 aliphatic rings. The van der Waals surface area contributed by atoms with Crippen molar-refractivity contribution in [2.75, 3.05) is 6.54 Å². The van der Waals surface area contributed by atoms with E-state index < -0.39 is 0 Å². The van der Waals surface area contributed by atoms with Crippen LogP contribution in [0.1, 0.15) is 49.6 Å². The maximum atomic E-state index is 6.42. The standard InChI is InChI=1S/C17H24ClN3/c1-4-9-19-16(14-8-6-7-13(3)11-14)17-15(18)12-20-21(17)10-5-2/h6-8,11-12,16,19H,4-5,9-10H2,1-3H3. The van der Waals surface area contributed by atoms with Crippen LogP contribution in [0.4, 0.5) is 0 Å². The van der Waals surface area contributed by atoms with Crippen molar-refractivity contribution in [3.05, 3.63) is 52.3 Å². The first-order chi connectivity index (χ1) is 10.2. The Kier molecular flexibility index (Phi) is 5.83. The molecule has 0 radical (unpaired) electrons. The highest BCUT2D eigenvalue weighted by atomic mass is 35.5. The zero-order chi connectivity index (χ0) is 15.2. The van der Waals surface area contributed by atoms with Crippen LogP contribution in [0.5, 0.6) is 0 Å². The van der Waals surface area contributed by atoms with Crippen molar-refractivity contribution in [1.82, 2.24) is 15.1 Å². The van der Waals surface area contributed by atoms with Gasteiger partial charge in [-0.1, -0.05) is 55.3 Å². The van der Waals surface area contributed by atoms with Gasteiger partial charge in [0.2, 0.25) is 0 Å². The number of hydrogen-bond acceptors (Lipinski definition) is 2. The molecule has 0 aliphatic heterocycles. The number of hydrogen-bond donors (Lipinski definition) is 1. The van der Waals surface area contributed by atoms with Crippen LogP contribution in [-0.2, 0) is 6.54 Å². The van der Waals surface area contributed by atoms with Crippen molar-refractivity contribution in [2.45, 2.75) is 46.2 Å². The van der Waals surface area contributed by atoms with Gasteiger partial charge in [0.25, 0.3) is 0 Å². The number of aromatic nitrogens is 2. The minimum atomic E-state index is 0.0893. The highest BCUT2D eigenvalue weighted by molar-refractivity contribution is 6.31. The van der Waals surface area contributed by atoms with Gasteiger partial charge in [-0.15, -0.1) is 0 Å². The molecule has 21 heavy (non-hydrogen) atoms. The molecule has 3 nitrogen and oxygen atoms in total. The fourth-order valence-electron chi connectivity index (χ4n) is 2.56. The summed E-state index contributed by atoms with van der Waals surface area (Å²) in [4.78, 5) is 0. The van der Waals surface area contributed by atoms with Crippen LogP contribution >= 0.6 is 11.6 Å². The zero-order valence-corrected chi connectivity index (χ0v) is 13.8. The summed E-state index contributed by atoms with van der Waals surface area (Å²) < 4.78 is 2.03. The molecule has 4 heteroatoms. The first kappa shape index (κ1) is 16.1. The summed E-state index contributed by atoms with van der Waals surface area (Å²) in [5.74, 6) is 0. The van der Waals surface area contributed by atoms with E-state index in [1.165, 1.54) is 11.1 Å². The first-order valence-corrected chi connectivity index (χ1v) is 8.06. The summed E-state index contributed by atoms with van der Waals surface area (Å²) in [6.07, 6.45) is 3.88. The Bertz CT molecular complexity index is 577. The van der Waals surface area contributed by atoms with E-state index in [4.69, 9.17) is 11.6 Å². The van der Waals surface area contributed by atoms with Gasteiger partial charge in [-0.05, 0) is 31.9 Å². The van der Waals surface area contributed by atoms with Gasteiger partial charge in [0.1, 0.15) is 0 Å². The SMILES string of the molecule is CCCNC(c1cccc(C)c1)c1c(Cl)cnn1CCC. The molecule has 1 unspecified atom stereocenters. The van der Waals surface area contributed by atoms with Crippen molar-refractivity contribution < 1.29 is 0 Å². The minimum Gasteiger partial charge on any atom is -0.305 e. The summed E-state index contributed by atoms with van der Waals surface area (Å²) in [5.41, 5.74) is 3.56. The Morgan fingerprint density at radius 3 is 2.76 bits per heavy atom. The van der Waals surface area contributed by atoms with Crippen LogP contribution in [0.2, 0.25) is 5.02 Å². The summed E-state index contributed by atoms with van der Waals surface area (Å²) in [6.45, 7) is 8.28. The number of halogens is 1. The van der Waals surface area contributed by atoms with Gasteiger partial charge in [0.15, 0.2) is 0 Å². The van der Waals surface area contributed by atoms with Gasteiger partial charge in [-0.3, -0.25) is 4.68 Å². The van der Waals surface area contributed by atoms with E-state index in [9.17, 15) is 0 Å². The lowest BCUT2D eigenvalue weighted by molar-refractivity contribution is 0.511. The van der Waals surface area contributed by atoms with Gasteiger partial charge in [-0.25, -0.2) is 0 Å². The summed E-state index contributed by atoms with van der Waals surface area (Å²) >= 11 is 6.42. The lowest BCUT2D eigenvalue weighted by atomic mass is 10.0. The smallest absolute Gasteiger partial charge is 0.0837 e. The van der Waals surface area contributed by atoms with Crippen LogP contribution in [0.25, 0.3) is 0 Å². The summed E-state index contributed by atoms with van der Waals surface area (Å²) in [6, 6.07) is 8.67. The molecule has 0 saturated heterocycles. The minimum absolute atomic E-state index is 0.0893. The van der Waals surface area contributed by atoms with E-state index in [1.807, 2.05) is 4.68 Å². The van der Waals surface area contributed by atoms with Crippen LogP contribution in [0.3, 0.4) is 0 Å². The van der Waals surface area contributed by atoms with E-state index in [1.54, 1.807) is 6.20 Å². The fourth-order valence-corrected chi connectivity index (χ4v) is 2.81. The molecular weight excluding hydrogens is 282 g/mol. The molecule has 2 aromatic rings. The maximum Gasteiger partial charge on any atom is 0.0837 e. The molecule has 1 aromatic heterocycles. The topological polar surface area (TPSA) is 29.9 Å². The van der Waals surface area contributed by atoms with Gasteiger partial charge in [0.05, 0.1) is 23.0 Å². The van der Waals surface area contributed by atoms with E-state index >= 15 is 0 Å². The predicted octanol–water partition coefficient (Wildman–Crippen LogP) is 4.34. The molecule has 1 atom stereocenters. The van der Waals surface area contributed by atoms with Crippen LogP contribution < -0.4 is 5.32 Å². The van der Waals surface area contributed by atoms with Gasteiger partial charge in [-0.2, -0.15) is 5.10 Å². The van der Waals surface area contributed by atoms with Crippen molar-refractivity contribution in [1.29, 1.82) is 0 Å². The third kappa shape index (κ3) is 3.86. The predicted molar refractivity (Wildman–Crippen MR) is 88.8 cm³/mol. The average Bonchev–Trinajstić information content (AvgIpc) is 2.82. The Balaban J connectivity index is 2.42. The Labute approximate surface area is 132 Å². The van der Waals surface area contributed by atoms with E-state index in [-0.39, 0.29) is 6.04 Å². The second-order valence-electron chi connectivity index (χ2n) is 5.40. The number of rotatable bonds is 7. The molecule has 2 rings (SSSR count). The number of nitrogens with zero attached hydrogens (tertiary/aromatic N) is 2. The molecule has 0 aliphatic carbocycles. The highest BCUT2D eigenvalue weighted by Crippen LogP contribution is 2.29. The van der Waals surface area contributed by atoms with Crippen LogP contribution in [-0.4, -0.2) is 16.3 Å². The Morgan fingerprint density at radius 1 is 1.29 bits per heavy atom. The van der Waals surface area contributed by atoms with E-state index in [0.717, 1.165) is 36.6 Å². The Hall–Kier alpha value is -1.32. The van der Waals surface area contributed by atoms with Crippen molar-refractivity contribution in [3.8, 4) is 0 Å². The number of aryl methyl sites for hydroxylation is 2. The van der Waals surface area contributed by atoms with Crippen LogP contribution in [0, 0.1) is 6.92 Å². The third-order valence-electron chi connectivity index (χ3n) is 3.52. The lowest BCUT2D eigenvalue weighted by Gasteiger charge is -2.21. The molecule has 0 fully saturated rings. The summed E-state index contributed by atoms with van der Waals surface area (Å²) in [5, 5.41) is 8.77. The molecule has 1 N–H and O–H groups in total. The van der Waals surface area contributed by atoms with Crippen molar-refractivity contribution in [3.63, 3.8) is 0 Å². The number of benzene rings is 1. The second-order valence-corrected chi connectivity index (χ2v) is 5.81. The highest BCUT2D eigenvalue weighted by Gasteiger charge is 2.21. The van der Waals surface area contributed by atoms with E-state index in [0.29, 0.717) is 0 Å². The quantitative estimate of drug-likeness (QED) is 0.824. The normalized spacial score (nSPS) is 12.6. The molecule has 0 amide bonds. The summed E-state index contributed by atoms with van der Waals surface area (Å²) in [7, 11) is 0. The molecule has 1 aromatic carbocycles. The monoisotopic (exact) mass is 305 g/mol. The first-order valence-electron chi connectivity index (χ1n) is 7.68.